The lowest BCUT2D eigenvalue weighted by Crippen LogP contribution is -2.30. The standard InChI is InChI=1S/C14H22N4S/c1-11(7-9-19-3)17(2)14-12(10-15)18-8-5-4-6-13(18)16-14/h4-6,8,11H,7,9-10,15H2,1-3H3. The van der Waals surface area contributed by atoms with E-state index in [2.05, 4.69) is 29.5 Å². The Hall–Kier alpha value is -1.20. The number of nitrogens with zero attached hydrogens (tertiary/aromatic N) is 3. The van der Waals surface area contributed by atoms with E-state index in [-0.39, 0.29) is 0 Å². The van der Waals surface area contributed by atoms with Gasteiger partial charge in [0.05, 0.1) is 5.69 Å². The number of hydrogen-bond acceptors (Lipinski definition) is 4. The third kappa shape index (κ3) is 2.87. The molecule has 104 valence electrons. The minimum absolute atomic E-state index is 0.461. The molecule has 0 saturated carbocycles. The molecule has 2 N–H and O–H groups in total. The first-order chi connectivity index (χ1) is 9.19. The maximum absolute atomic E-state index is 5.91. The summed E-state index contributed by atoms with van der Waals surface area (Å²) in [5.74, 6) is 2.17. The van der Waals surface area contributed by atoms with Crippen molar-refractivity contribution >= 4 is 23.2 Å². The number of rotatable bonds is 6. The van der Waals surface area contributed by atoms with Crippen molar-refractivity contribution in [2.75, 3.05) is 24.0 Å². The molecule has 0 saturated heterocycles. The molecule has 0 aliphatic rings. The highest BCUT2D eigenvalue weighted by atomic mass is 32.2. The van der Waals surface area contributed by atoms with Gasteiger partial charge in [0.1, 0.15) is 5.65 Å². The predicted octanol–water partition coefficient (Wildman–Crippen LogP) is 2.37. The van der Waals surface area contributed by atoms with Crippen LogP contribution in [0.15, 0.2) is 24.4 Å². The molecule has 19 heavy (non-hydrogen) atoms. The van der Waals surface area contributed by atoms with Crippen LogP contribution in [0.5, 0.6) is 0 Å². The maximum atomic E-state index is 5.91. The molecule has 0 amide bonds. The molecule has 0 aliphatic carbocycles. The number of pyridine rings is 1. The van der Waals surface area contributed by atoms with Crippen molar-refractivity contribution in [1.29, 1.82) is 0 Å². The molecule has 4 nitrogen and oxygen atoms in total. The molecule has 0 aromatic carbocycles. The fraction of sp³-hybridized carbons (Fsp3) is 0.500. The summed E-state index contributed by atoms with van der Waals surface area (Å²) in [6.45, 7) is 2.74. The Bertz CT molecular complexity index is 537. The molecular formula is C14H22N4S. The van der Waals surface area contributed by atoms with Crippen LogP contribution >= 0.6 is 11.8 Å². The number of aromatic nitrogens is 2. The van der Waals surface area contributed by atoms with Crippen molar-refractivity contribution in [2.24, 2.45) is 5.73 Å². The van der Waals surface area contributed by atoms with Gasteiger partial charge < -0.3 is 15.0 Å². The van der Waals surface area contributed by atoms with E-state index >= 15 is 0 Å². The smallest absolute Gasteiger partial charge is 0.152 e. The Morgan fingerprint density at radius 3 is 2.95 bits per heavy atom. The number of imidazole rings is 1. The van der Waals surface area contributed by atoms with Gasteiger partial charge in [-0.3, -0.25) is 0 Å². The normalized spacial score (nSPS) is 12.8. The third-order valence-electron chi connectivity index (χ3n) is 3.54. The van der Waals surface area contributed by atoms with E-state index in [0.29, 0.717) is 12.6 Å². The molecule has 0 aliphatic heterocycles. The number of hydrogen-bond donors (Lipinski definition) is 1. The van der Waals surface area contributed by atoms with E-state index in [1.165, 1.54) is 0 Å². The highest BCUT2D eigenvalue weighted by molar-refractivity contribution is 7.98. The number of nitrogens with two attached hydrogens (primary N) is 1. The quantitative estimate of drug-likeness (QED) is 0.881. The molecule has 0 radical (unpaired) electrons. The predicted molar refractivity (Wildman–Crippen MR) is 83.9 cm³/mol. The molecule has 0 spiro atoms. The first-order valence-corrected chi connectivity index (χ1v) is 7.96. The molecule has 2 heterocycles. The summed E-state index contributed by atoms with van der Waals surface area (Å²) in [6.07, 6.45) is 5.31. The second-order valence-electron chi connectivity index (χ2n) is 4.76. The Kier molecular flexibility index (Phi) is 4.71. The summed E-state index contributed by atoms with van der Waals surface area (Å²) >= 11 is 1.88. The number of thioether (sulfide) groups is 1. The topological polar surface area (TPSA) is 46.6 Å². The zero-order valence-electron chi connectivity index (χ0n) is 11.8. The average Bonchev–Trinajstić information content (AvgIpc) is 2.82. The van der Waals surface area contributed by atoms with Gasteiger partial charge in [-0.2, -0.15) is 11.8 Å². The van der Waals surface area contributed by atoms with Gasteiger partial charge in [-0.15, -0.1) is 0 Å². The van der Waals surface area contributed by atoms with Crippen LogP contribution in [0.2, 0.25) is 0 Å². The fourth-order valence-electron chi connectivity index (χ4n) is 2.20. The van der Waals surface area contributed by atoms with Gasteiger partial charge in [0.25, 0.3) is 0 Å². The zero-order chi connectivity index (χ0) is 13.8. The SMILES string of the molecule is CSCCC(C)N(C)c1nc2ccccn2c1CN. The molecule has 0 fully saturated rings. The summed E-state index contributed by atoms with van der Waals surface area (Å²) in [4.78, 5) is 6.96. The highest BCUT2D eigenvalue weighted by Crippen LogP contribution is 2.23. The minimum atomic E-state index is 0.461. The lowest BCUT2D eigenvalue weighted by atomic mass is 10.2. The van der Waals surface area contributed by atoms with E-state index in [4.69, 9.17) is 10.7 Å². The monoisotopic (exact) mass is 278 g/mol. The molecule has 2 aromatic heterocycles. The summed E-state index contributed by atoms with van der Waals surface area (Å²) in [5, 5.41) is 0. The first kappa shape index (κ1) is 14.2. The molecule has 0 bridgehead atoms. The molecule has 2 aromatic rings. The second kappa shape index (κ2) is 6.30. The molecule has 2 rings (SSSR count). The molecule has 5 heteroatoms. The van der Waals surface area contributed by atoms with E-state index in [9.17, 15) is 0 Å². The van der Waals surface area contributed by atoms with Crippen LogP contribution in [-0.2, 0) is 6.54 Å². The Morgan fingerprint density at radius 1 is 1.47 bits per heavy atom. The zero-order valence-corrected chi connectivity index (χ0v) is 12.7. The van der Waals surface area contributed by atoms with Gasteiger partial charge in [0, 0.05) is 25.8 Å². The summed E-state index contributed by atoms with van der Waals surface area (Å²) in [6, 6.07) is 6.49. The minimum Gasteiger partial charge on any atom is -0.355 e. The van der Waals surface area contributed by atoms with Crippen molar-refractivity contribution in [3.63, 3.8) is 0 Å². The van der Waals surface area contributed by atoms with E-state index in [1.807, 2.05) is 36.2 Å². The van der Waals surface area contributed by atoms with Gasteiger partial charge in [-0.1, -0.05) is 6.07 Å². The van der Waals surface area contributed by atoms with Crippen LogP contribution in [0.25, 0.3) is 5.65 Å². The summed E-state index contributed by atoms with van der Waals surface area (Å²) in [5.41, 5.74) is 7.95. The second-order valence-corrected chi connectivity index (χ2v) is 5.74. The average molecular weight is 278 g/mol. The van der Waals surface area contributed by atoms with Gasteiger partial charge >= 0.3 is 0 Å². The first-order valence-electron chi connectivity index (χ1n) is 6.56. The molecule has 1 atom stereocenters. The number of anilines is 1. The summed E-state index contributed by atoms with van der Waals surface area (Å²) in [7, 11) is 2.10. The van der Waals surface area contributed by atoms with E-state index in [1.54, 1.807) is 0 Å². The van der Waals surface area contributed by atoms with Crippen molar-refractivity contribution in [1.82, 2.24) is 9.38 Å². The van der Waals surface area contributed by atoms with Crippen LogP contribution in [0.1, 0.15) is 19.0 Å². The maximum Gasteiger partial charge on any atom is 0.152 e. The van der Waals surface area contributed by atoms with Crippen molar-refractivity contribution in [3.8, 4) is 0 Å². The van der Waals surface area contributed by atoms with E-state index in [0.717, 1.165) is 29.3 Å². The van der Waals surface area contributed by atoms with Crippen LogP contribution in [-0.4, -0.2) is 34.5 Å². The van der Waals surface area contributed by atoms with Crippen molar-refractivity contribution in [2.45, 2.75) is 25.9 Å². The molecular weight excluding hydrogens is 256 g/mol. The lowest BCUT2D eigenvalue weighted by Gasteiger charge is -2.25. The summed E-state index contributed by atoms with van der Waals surface area (Å²) < 4.78 is 2.08. The van der Waals surface area contributed by atoms with Crippen LogP contribution < -0.4 is 10.6 Å². The van der Waals surface area contributed by atoms with Crippen LogP contribution in [0.4, 0.5) is 5.82 Å². The molecule has 1 unspecified atom stereocenters. The van der Waals surface area contributed by atoms with Gasteiger partial charge in [0.2, 0.25) is 0 Å². The van der Waals surface area contributed by atoms with Crippen molar-refractivity contribution in [3.05, 3.63) is 30.1 Å². The van der Waals surface area contributed by atoms with Gasteiger partial charge in [-0.05, 0) is 37.5 Å². The Labute approximate surface area is 119 Å². The van der Waals surface area contributed by atoms with Crippen molar-refractivity contribution < 1.29 is 0 Å². The Balaban J connectivity index is 2.33. The highest BCUT2D eigenvalue weighted by Gasteiger charge is 2.18. The third-order valence-corrected chi connectivity index (χ3v) is 4.18. The van der Waals surface area contributed by atoms with Crippen LogP contribution in [0, 0.1) is 0 Å². The van der Waals surface area contributed by atoms with Gasteiger partial charge in [-0.25, -0.2) is 4.98 Å². The fourth-order valence-corrected chi connectivity index (χ4v) is 2.77. The van der Waals surface area contributed by atoms with E-state index < -0.39 is 0 Å². The van der Waals surface area contributed by atoms with Crippen LogP contribution in [0.3, 0.4) is 0 Å². The number of fused-ring (bicyclic) bond motifs is 1. The Morgan fingerprint density at radius 2 is 2.26 bits per heavy atom. The lowest BCUT2D eigenvalue weighted by molar-refractivity contribution is 0.660. The van der Waals surface area contributed by atoms with Gasteiger partial charge in [0.15, 0.2) is 5.82 Å². The largest absolute Gasteiger partial charge is 0.355 e.